The number of amides is 1. The van der Waals surface area contributed by atoms with E-state index in [1.807, 2.05) is 38.1 Å². The molecule has 2 aromatic rings. The summed E-state index contributed by atoms with van der Waals surface area (Å²) in [5, 5.41) is 8.13. The Bertz CT molecular complexity index is 654. The molecule has 0 spiro atoms. The predicted octanol–water partition coefficient (Wildman–Crippen LogP) is 2.08. The van der Waals surface area contributed by atoms with Crippen molar-refractivity contribution in [3.05, 3.63) is 52.8 Å². The smallest absolute Gasteiger partial charge is 0.259 e. The highest BCUT2D eigenvalue weighted by atomic mass is 16.2. The van der Waals surface area contributed by atoms with Gasteiger partial charge in [-0.25, -0.2) is 0 Å². The van der Waals surface area contributed by atoms with Gasteiger partial charge in [0.25, 0.3) is 5.91 Å². The molecule has 0 radical (unpaired) electrons. The van der Waals surface area contributed by atoms with Crippen LogP contribution in [0.25, 0.3) is 0 Å². The lowest BCUT2D eigenvalue weighted by Crippen LogP contribution is -2.28. The molecule has 0 unspecified atom stereocenters. The highest BCUT2D eigenvalue weighted by molar-refractivity contribution is 6.06. The first-order chi connectivity index (χ1) is 10.1. The highest BCUT2D eigenvalue weighted by Crippen LogP contribution is 2.19. The van der Waals surface area contributed by atoms with Crippen LogP contribution in [0.4, 0.5) is 5.69 Å². The summed E-state index contributed by atoms with van der Waals surface area (Å²) in [5.41, 5.74) is 9.51. The molecular formula is C16H20N4O. The Balaban J connectivity index is 2.36. The molecule has 110 valence electrons. The van der Waals surface area contributed by atoms with E-state index < -0.39 is 0 Å². The van der Waals surface area contributed by atoms with Crippen LogP contribution in [0, 0.1) is 6.92 Å². The minimum atomic E-state index is -0.0842. The van der Waals surface area contributed by atoms with Crippen molar-refractivity contribution in [3.63, 3.8) is 0 Å². The molecule has 0 fully saturated rings. The van der Waals surface area contributed by atoms with E-state index in [0.29, 0.717) is 24.2 Å². The molecule has 0 saturated heterocycles. The number of hydrogen-bond acceptors (Lipinski definition) is 4. The summed E-state index contributed by atoms with van der Waals surface area (Å²) in [5.74, 6) is -0.0842. The van der Waals surface area contributed by atoms with Gasteiger partial charge in [0.05, 0.1) is 17.0 Å². The van der Waals surface area contributed by atoms with E-state index in [1.165, 1.54) is 0 Å². The van der Waals surface area contributed by atoms with E-state index in [4.69, 9.17) is 5.73 Å². The first kappa shape index (κ1) is 15.1. The fourth-order valence-electron chi connectivity index (χ4n) is 2.15. The van der Waals surface area contributed by atoms with Gasteiger partial charge in [0, 0.05) is 19.3 Å². The van der Waals surface area contributed by atoms with E-state index in [9.17, 15) is 4.79 Å². The van der Waals surface area contributed by atoms with E-state index in [-0.39, 0.29) is 5.91 Å². The maximum atomic E-state index is 12.7. The predicted molar refractivity (Wildman–Crippen MR) is 83.2 cm³/mol. The molecule has 1 aromatic carbocycles. The third-order valence-corrected chi connectivity index (χ3v) is 3.40. The lowest BCUT2D eigenvalue weighted by atomic mass is 10.1. The molecule has 0 aliphatic heterocycles. The first-order valence-corrected chi connectivity index (χ1v) is 6.97. The molecular weight excluding hydrogens is 264 g/mol. The zero-order valence-corrected chi connectivity index (χ0v) is 12.6. The van der Waals surface area contributed by atoms with Gasteiger partial charge in [-0.1, -0.05) is 19.1 Å². The molecule has 1 aromatic heterocycles. The van der Waals surface area contributed by atoms with Crippen LogP contribution >= 0.6 is 0 Å². The van der Waals surface area contributed by atoms with E-state index >= 15 is 0 Å². The molecule has 0 bridgehead atoms. The van der Waals surface area contributed by atoms with Crippen molar-refractivity contribution in [2.75, 3.05) is 11.9 Å². The summed E-state index contributed by atoms with van der Waals surface area (Å²) in [4.78, 5) is 14.3. The van der Waals surface area contributed by atoms with Crippen molar-refractivity contribution in [3.8, 4) is 0 Å². The third-order valence-electron chi connectivity index (χ3n) is 3.40. The molecule has 2 N–H and O–H groups in total. The molecule has 1 amide bonds. The second kappa shape index (κ2) is 6.45. The Morgan fingerprint density at radius 2 is 2.05 bits per heavy atom. The van der Waals surface area contributed by atoms with Gasteiger partial charge in [-0.2, -0.15) is 10.2 Å². The highest BCUT2D eigenvalue weighted by Gasteiger charge is 2.18. The van der Waals surface area contributed by atoms with Crippen molar-refractivity contribution >= 4 is 11.6 Å². The minimum Gasteiger partial charge on any atom is -0.326 e. The van der Waals surface area contributed by atoms with Crippen molar-refractivity contribution in [2.45, 2.75) is 26.8 Å². The fourth-order valence-corrected chi connectivity index (χ4v) is 2.15. The molecule has 0 atom stereocenters. The van der Waals surface area contributed by atoms with Crippen molar-refractivity contribution in [1.82, 2.24) is 10.2 Å². The summed E-state index contributed by atoms with van der Waals surface area (Å²) < 4.78 is 0. The molecule has 5 nitrogen and oxygen atoms in total. The standard InChI is InChI=1S/C16H20N4O/c1-4-15-14(8-11(2)18-19-15)16(21)20(3)13-7-5-6-12(9-13)10-17/h5-9H,4,10,17H2,1-3H3. The molecule has 0 saturated carbocycles. The van der Waals surface area contributed by atoms with Crippen molar-refractivity contribution in [1.29, 1.82) is 0 Å². The number of anilines is 1. The van der Waals surface area contributed by atoms with Gasteiger partial charge in [0.15, 0.2) is 0 Å². The van der Waals surface area contributed by atoms with Crippen LogP contribution in [0.2, 0.25) is 0 Å². The first-order valence-electron chi connectivity index (χ1n) is 6.97. The Hall–Kier alpha value is -2.27. The van der Waals surface area contributed by atoms with Crippen LogP contribution in [0.15, 0.2) is 30.3 Å². The van der Waals surface area contributed by atoms with Crippen molar-refractivity contribution in [2.24, 2.45) is 5.73 Å². The number of rotatable bonds is 4. The number of nitrogens with zero attached hydrogens (tertiary/aromatic N) is 3. The summed E-state index contributed by atoms with van der Waals surface area (Å²) >= 11 is 0. The quantitative estimate of drug-likeness (QED) is 0.933. The van der Waals surface area contributed by atoms with Crippen molar-refractivity contribution < 1.29 is 4.79 Å². The number of carbonyl (C=O) groups is 1. The van der Waals surface area contributed by atoms with Gasteiger partial charge in [-0.05, 0) is 37.1 Å². The van der Waals surface area contributed by atoms with Crippen LogP contribution in [0.5, 0.6) is 0 Å². The Morgan fingerprint density at radius 3 is 2.71 bits per heavy atom. The maximum absolute atomic E-state index is 12.7. The largest absolute Gasteiger partial charge is 0.326 e. The SMILES string of the molecule is CCc1nnc(C)cc1C(=O)N(C)c1cccc(CN)c1. The summed E-state index contributed by atoms with van der Waals surface area (Å²) in [7, 11) is 1.76. The molecule has 5 heteroatoms. The zero-order valence-electron chi connectivity index (χ0n) is 12.6. The lowest BCUT2D eigenvalue weighted by Gasteiger charge is -2.19. The zero-order chi connectivity index (χ0) is 15.4. The molecule has 0 aliphatic carbocycles. The second-order valence-electron chi connectivity index (χ2n) is 4.94. The van der Waals surface area contributed by atoms with Crippen LogP contribution in [0.3, 0.4) is 0 Å². The molecule has 2 rings (SSSR count). The summed E-state index contributed by atoms with van der Waals surface area (Å²) in [6.45, 7) is 4.25. The van der Waals surface area contributed by atoms with E-state index in [2.05, 4.69) is 10.2 Å². The van der Waals surface area contributed by atoms with Crippen LogP contribution < -0.4 is 10.6 Å². The van der Waals surface area contributed by atoms with Gasteiger partial charge < -0.3 is 10.6 Å². The summed E-state index contributed by atoms with van der Waals surface area (Å²) in [6, 6.07) is 9.45. The van der Waals surface area contributed by atoms with Gasteiger partial charge in [0.1, 0.15) is 0 Å². The average Bonchev–Trinajstić information content (AvgIpc) is 2.53. The van der Waals surface area contributed by atoms with Gasteiger partial charge in [-0.3, -0.25) is 4.79 Å². The van der Waals surface area contributed by atoms with Crippen LogP contribution in [0.1, 0.15) is 34.2 Å². The number of benzene rings is 1. The Labute approximate surface area is 124 Å². The Kier molecular flexibility index (Phi) is 4.65. The van der Waals surface area contributed by atoms with Crippen LogP contribution in [-0.4, -0.2) is 23.2 Å². The van der Waals surface area contributed by atoms with Gasteiger partial charge >= 0.3 is 0 Å². The molecule has 21 heavy (non-hydrogen) atoms. The molecule has 1 heterocycles. The van der Waals surface area contributed by atoms with Gasteiger partial charge in [-0.15, -0.1) is 0 Å². The van der Waals surface area contributed by atoms with E-state index in [0.717, 1.165) is 16.9 Å². The minimum absolute atomic E-state index is 0.0842. The average molecular weight is 284 g/mol. The van der Waals surface area contributed by atoms with Gasteiger partial charge in [0.2, 0.25) is 0 Å². The lowest BCUT2D eigenvalue weighted by molar-refractivity contribution is 0.0991. The number of aromatic nitrogens is 2. The third kappa shape index (κ3) is 3.25. The second-order valence-corrected chi connectivity index (χ2v) is 4.94. The maximum Gasteiger partial charge on any atom is 0.259 e. The Morgan fingerprint density at radius 1 is 1.29 bits per heavy atom. The number of hydrogen-bond donors (Lipinski definition) is 1. The number of nitrogens with two attached hydrogens (primary N) is 1. The fraction of sp³-hybridized carbons (Fsp3) is 0.312. The van der Waals surface area contributed by atoms with Crippen LogP contribution in [-0.2, 0) is 13.0 Å². The topological polar surface area (TPSA) is 72.1 Å². The monoisotopic (exact) mass is 284 g/mol. The number of carbonyl (C=O) groups excluding carboxylic acids is 1. The normalized spacial score (nSPS) is 10.5. The summed E-state index contributed by atoms with van der Waals surface area (Å²) in [6.07, 6.45) is 0.672. The van der Waals surface area contributed by atoms with E-state index in [1.54, 1.807) is 18.0 Å². The number of aryl methyl sites for hydroxylation is 2. The molecule has 0 aliphatic rings.